The summed E-state index contributed by atoms with van der Waals surface area (Å²) in [5, 5.41) is -0.487. The Hall–Kier alpha value is -3.37. The lowest BCUT2D eigenvalue weighted by molar-refractivity contribution is 0.365. The summed E-state index contributed by atoms with van der Waals surface area (Å²) in [4.78, 5) is 0. The summed E-state index contributed by atoms with van der Waals surface area (Å²) in [6.07, 6.45) is 0. The number of hydrogen-bond acceptors (Lipinski definition) is 0. The Balaban J connectivity index is 2.34. The third-order valence-corrected chi connectivity index (χ3v) is 9.71. The molecule has 0 saturated heterocycles. The van der Waals surface area contributed by atoms with Crippen molar-refractivity contribution in [1.29, 1.82) is 0 Å². The molecule has 1 aliphatic rings. The molecular formula is C26H14BF15Si. The summed E-state index contributed by atoms with van der Waals surface area (Å²) in [6.45, 7) is 1.89. The van der Waals surface area contributed by atoms with Crippen LogP contribution in [-0.4, -0.2) is 14.8 Å². The molecule has 0 aromatic heterocycles. The second-order valence-electron chi connectivity index (χ2n) is 10.8. The van der Waals surface area contributed by atoms with Gasteiger partial charge in [-0.25, -0.2) is 65.9 Å². The van der Waals surface area contributed by atoms with E-state index >= 15 is 26.3 Å². The maximum Gasteiger partial charge on any atom is 0.226 e. The van der Waals surface area contributed by atoms with Crippen LogP contribution in [0.2, 0.25) is 19.6 Å². The van der Waals surface area contributed by atoms with Gasteiger partial charge in [-0.3, -0.25) is 0 Å². The highest BCUT2D eigenvalue weighted by atomic mass is 28.3. The van der Waals surface area contributed by atoms with Gasteiger partial charge < -0.3 is 0 Å². The largest absolute Gasteiger partial charge is 0.226 e. The molecule has 17 heteroatoms. The van der Waals surface area contributed by atoms with Crippen molar-refractivity contribution >= 4 is 25.7 Å². The van der Waals surface area contributed by atoms with Crippen molar-refractivity contribution in [1.82, 2.24) is 0 Å². The Morgan fingerprint density at radius 1 is 0.442 bits per heavy atom. The zero-order valence-corrected chi connectivity index (χ0v) is 22.9. The summed E-state index contributed by atoms with van der Waals surface area (Å²) in [5.41, 5.74) is -7.21. The fourth-order valence-electron chi connectivity index (χ4n) is 5.83. The first-order chi connectivity index (χ1) is 19.7. The molecule has 0 N–H and O–H groups in total. The average molecular weight is 650 g/mol. The van der Waals surface area contributed by atoms with Crippen LogP contribution in [0.5, 0.6) is 0 Å². The number of rotatable bonds is 4. The molecule has 43 heavy (non-hydrogen) atoms. The smallest absolute Gasteiger partial charge is 0.204 e. The van der Waals surface area contributed by atoms with Crippen molar-refractivity contribution < 1.29 is 65.9 Å². The molecule has 0 nitrogen and oxygen atoms in total. The third kappa shape index (κ3) is 4.56. The van der Waals surface area contributed by atoms with E-state index in [0.29, 0.717) is 0 Å². The van der Waals surface area contributed by atoms with Gasteiger partial charge in [0.1, 0.15) is 0 Å². The standard InChI is InChI=1S/C26H14BF15Si/c1-5-8(6-11(28)17(34)23(40)18(35)12(6)29)27(10-15(32)21(38)25(42)22(39)16(10)33)9(26(5)43(2,3)4)7-13(30)19(36)24(41)20(37)14(7)31/h5,8H,1-4H3. The lowest BCUT2D eigenvalue weighted by Gasteiger charge is -2.29. The molecule has 2 unspecified atom stereocenters. The highest BCUT2D eigenvalue weighted by Crippen LogP contribution is 2.52. The van der Waals surface area contributed by atoms with Gasteiger partial charge in [0.05, 0.1) is 8.07 Å². The van der Waals surface area contributed by atoms with E-state index in [0.717, 1.165) is 6.92 Å². The van der Waals surface area contributed by atoms with Gasteiger partial charge >= 0.3 is 0 Å². The van der Waals surface area contributed by atoms with Crippen molar-refractivity contribution in [3.63, 3.8) is 0 Å². The zero-order chi connectivity index (χ0) is 32.8. The lowest BCUT2D eigenvalue weighted by Crippen LogP contribution is -2.44. The van der Waals surface area contributed by atoms with Crippen LogP contribution in [0, 0.1) is 93.2 Å². The highest BCUT2D eigenvalue weighted by Gasteiger charge is 2.55. The van der Waals surface area contributed by atoms with E-state index in [2.05, 4.69) is 0 Å². The van der Waals surface area contributed by atoms with E-state index in [1.54, 1.807) is 0 Å². The van der Waals surface area contributed by atoms with E-state index in [-0.39, 0.29) is 0 Å². The van der Waals surface area contributed by atoms with Crippen molar-refractivity contribution in [2.75, 3.05) is 0 Å². The molecule has 2 atom stereocenters. The lowest BCUT2D eigenvalue weighted by atomic mass is 9.32. The molecule has 3 aromatic rings. The van der Waals surface area contributed by atoms with Crippen LogP contribution in [0.4, 0.5) is 65.9 Å². The zero-order valence-electron chi connectivity index (χ0n) is 21.9. The van der Waals surface area contributed by atoms with Crippen molar-refractivity contribution in [2.24, 2.45) is 5.92 Å². The van der Waals surface area contributed by atoms with E-state index < -0.39 is 141 Å². The third-order valence-electron chi connectivity index (χ3n) is 7.37. The molecule has 0 fully saturated rings. The molecule has 0 aliphatic carbocycles. The van der Waals surface area contributed by atoms with Crippen LogP contribution in [0.25, 0.3) is 5.47 Å². The molecule has 0 bridgehead atoms. The Kier molecular flexibility index (Phi) is 8.07. The quantitative estimate of drug-likeness (QED) is 0.115. The van der Waals surface area contributed by atoms with Crippen molar-refractivity contribution in [2.45, 2.75) is 32.4 Å². The normalized spacial score (nSPS) is 17.5. The summed E-state index contributed by atoms with van der Waals surface area (Å²) < 4.78 is 220. The van der Waals surface area contributed by atoms with E-state index in [1.165, 1.54) is 19.6 Å². The summed E-state index contributed by atoms with van der Waals surface area (Å²) in [5.74, 6) is -44.4. The van der Waals surface area contributed by atoms with Crippen LogP contribution in [0.3, 0.4) is 0 Å². The van der Waals surface area contributed by atoms with Crippen LogP contribution in [0.1, 0.15) is 23.9 Å². The van der Waals surface area contributed by atoms with Crippen molar-refractivity contribution in [3.8, 4) is 0 Å². The van der Waals surface area contributed by atoms with Gasteiger partial charge in [-0.2, -0.15) is 0 Å². The molecule has 0 amide bonds. The molecule has 1 heterocycles. The van der Waals surface area contributed by atoms with Gasteiger partial charge in [-0.05, 0) is 11.7 Å². The van der Waals surface area contributed by atoms with Crippen LogP contribution in [-0.2, 0) is 0 Å². The molecule has 1 aliphatic heterocycles. The Bertz CT molecular complexity index is 1660. The average Bonchev–Trinajstić information content (AvgIpc) is 3.23. The Morgan fingerprint density at radius 3 is 1.09 bits per heavy atom. The minimum Gasteiger partial charge on any atom is -0.204 e. The van der Waals surface area contributed by atoms with E-state index in [4.69, 9.17) is 0 Å². The van der Waals surface area contributed by atoms with Gasteiger partial charge in [-0.15, -0.1) is 0 Å². The molecule has 0 spiro atoms. The number of halogens is 15. The molecule has 3 aromatic carbocycles. The Labute approximate surface area is 233 Å². The minimum atomic E-state index is -3.43. The maximum absolute atomic E-state index is 15.3. The summed E-state index contributed by atoms with van der Waals surface area (Å²) in [6, 6.07) is 0. The molecule has 230 valence electrons. The van der Waals surface area contributed by atoms with Gasteiger partial charge in [0.15, 0.2) is 75.6 Å². The monoisotopic (exact) mass is 650 g/mol. The maximum atomic E-state index is 15.3. The first-order valence-corrected chi connectivity index (χ1v) is 15.5. The Morgan fingerprint density at radius 2 is 0.744 bits per heavy atom. The van der Waals surface area contributed by atoms with Gasteiger partial charge in [-0.1, -0.05) is 37.2 Å². The summed E-state index contributed by atoms with van der Waals surface area (Å²) in [7, 11) is -3.43. The van der Waals surface area contributed by atoms with Crippen LogP contribution < -0.4 is 5.46 Å². The second kappa shape index (κ2) is 10.7. The van der Waals surface area contributed by atoms with E-state index in [9.17, 15) is 39.5 Å². The number of benzene rings is 3. The van der Waals surface area contributed by atoms with Crippen molar-refractivity contribution in [3.05, 3.63) is 104 Å². The predicted octanol–water partition coefficient (Wildman–Crippen LogP) is 8.32. The predicted molar refractivity (Wildman–Crippen MR) is 126 cm³/mol. The second-order valence-corrected chi connectivity index (χ2v) is 15.8. The van der Waals surface area contributed by atoms with Gasteiger partial charge in [0.25, 0.3) is 0 Å². The summed E-state index contributed by atoms with van der Waals surface area (Å²) >= 11 is 0. The molecule has 0 saturated carbocycles. The van der Waals surface area contributed by atoms with Crippen LogP contribution in [0.15, 0.2) is 5.20 Å². The van der Waals surface area contributed by atoms with Gasteiger partial charge in [0.2, 0.25) is 18.3 Å². The topological polar surface area (TPSA) is 0 Å². The SMILES string of the molecule is CC1C([Si](C)(C)C)=C(c2c(F)c(F)c(F)c(F)c2F)B(c2c(F)c(F)c(F)c(F)c2F)C1c1c(F)c(F)c(F)c(F)c1F. The molecular weight excluding hydrogens is 636 g/mol. The minimum absolute atomic E-state index is 0.487. The molecule has 0 radical (unpaired) electrons. The fourth-order valence-corrected chi connectivity index (χ4v) is 8.46. The fraction of sp³-hybridized carbons (Fsp3) is 0.231. The van der Waals surface area contributed by atoms with Crippen LogP contribution >= 0.6 is 0 Å². The van der Waals surface area contributed by atoms with E-state index in [1.807, 2.05) is 0 Å². The highest BCUT2D eigenvalue weighted by molar-refractivity contribution is 6.97. The van der Waals surface area contributed by atoms with Gasteiger partial charge in [0, 0.05) is 16.6 Å². The number of hydrogen-bond donors (Lipinski definition) is 0. The first kappa shape index (κ1) is 32.5. The first-order valence-electron chi connectivity index (χ1n) is 12.0. The molecule has 4 rings (SSSR count). The number of allylic oxidation sites excluding steroid dienone is 1.